The number of benzene rings is 1. The molecule has 1 aromatic carbocycles. The fourth-order valence-corrected chi connectivity index (χ4v) is 3.42. The van der Waals surface area contributed by atoms with Gasteiger partial charge in [-0.1, -0.05) is 22.0 Å². The standard InChI is InChI=1S/C15H23BrN2O/c1-11(19)14-7-6-12(9-15(14)16)18(3)10-13-5-4-8-17(13)2/h6-7,9,11,13,19H,4-5,8,10H2,1-3H3/t11-,13?/m1/s1. The fraction of sp³-hybridized carbons (Fsp3) is 0.600. The highest BCUT2D eigenvalue weighted by Gasteiger charge is 2.22. The second-order valence-electron chi connectivity index (χ2n) is 5.54. The zero-order valence-corrected chi connectivity index (χ0v) is 13.5. The van der Waals surface area contributed by atoms with Crippen LogP contribution in [-0.4, -0.2) is 43.2 Å². The minimum Gasteiger partial charge on any atom is -0.389 e. The Bertz CT molecular complexity index is 436. The number of likely N-dealkylation sites (tertiary alicyclic amines) is 1. The molecule has 2 atom stereocenters. The monoisotopic (exact) mass is 326 g/mol. The van der Waals surface area contributed by atoms with E-state index in [0.29, 0.717) is 6.04 Å². The van der Waals surface area contributed by atoms with Crippen molar-refractivity contribution in [1.82, 2.24) is 4.90 Å². The van der Waals surface area contributed by atoms with Gasteiger partial charge in [0.15, 0.2) is 0 Å². The summed E-state index contributed by atoms with van der Waals surface area (Å²) in [7, 11) is 4.34. The van der Waals surface area contributed by atoms with Crippen LogP contribution < -0.4 is 4.90 Å². The van der Waals surface area contributed by atoms with Crippen LogP contribution >= 0.6 is 15.9 Å². The second kappa shape index (κ2) is 6.25. The van der Waals surface area contributed by atoms with Crippen molar-refractivity contribution in [2.45, 2.75) is 31.9 Å². The van der Waals surface area contributed by atoms with Crippen LogP contribution in [0.2, 0.25) is 0 Å². The van der Waals surface area contributed by atoms with E-state index in [1.54, 1.807) is 6.92 Å². The second-order valence-corrected chi connectivity index (χ2v) is 6.39. The van der Waals surface area contributed by atoms with Crippen LogP contribution in [0.4, 0.5) is 5.69 Å². The highest BCUT2D eigenvalue weighted by atomic mass is 79.9. The lowest BCUT2D eigenvalue weighted by Gasteiger charge is -2.27. The zero-order chi connectivity index (χ0) is 14.0. The van der Waals surface area contributed by atoms with Crippen molar-refractivity contribution >= 4 is 21.6 Å². The molecule has 0 amide bonds. The average molecular weight is 327 g/mol. The van der Waals surface area contributed by atoms with E-state index in [4.69, 9.17) is 0 Å². The SMILES string of the molecule is C[C@@H](O)c1ccc(N(C)CC2CCCN2C)cc1Br. The Kier molecular flexibility index (Phi) is 4.87. The van der Waals surface area contributed by atoms with Crippen molar-refractivity contribution in [3.05, 3.63) is 28.2 Å². The molecule has 0 saturated carbocycles. The number of halogens is 1. The Morgan fingerprint density at radius 1 is 1.53 bits per heavy atom. The number of aliphatic hydroxyl groups is 1. The summed E-state index contributed by atoms with van der Waals surface area (Å²) in [6.45, 7) is 4.05. The summed E-state index contributed by atoms with van der Waals surface area (Å²) in [6.07, 6.45) is 2.16. The van der Waals surface area contributed by atoms with Gasteiger partial charge in [-0.15, -0.1) is 0 Å². The quantitative estimate of drug-likeness (QED) is 0.921. The average Bonchev–Trinajstić information content (AvgIpc) is 2.74. The number of nitrogens with zero attached hydrogens (tertiary/aromatic N) is 2. The van der Waals surface area contributed by atoms with Gasteiger partial charge in [0.1, 0.15) is 0 Å². The Morgan fingerprint density at radius 3 is 2.79 bits per heavy atom. The van der Waals surface area contributed by atoms with E-state index >= 15 is 0 Å². The number of anilines is 1. The maximum atomic E-state index is 9.65. The molecule has 1 aliphatic rings. The number of aliphatic hydroxyl groups excluding tert-OH is 1. The van der Waals surface area contributed by atoms with Crippen molar-refractivity contribution in [2.24, 2.45) is 0 Å². The zero-order valence-electron chi connectivity index (χ0n) is 11.9. The number of rotatable bonds is 4. The molecule has 0 aromatic heterocycles. The largest absolute Gasteiger partial charge is 0.389 e. The predicted molar refractivity (Wildman–Crippen MR) is 83.7 cm³/mol. The molecular weight excluding hydrogens is 304 g/mol. The van der Waals surface area contributed by atoms with Crippen LogP contribution in [0, 0.1) is 0 Å². The summed E-state index contributed by atoms with van der Waals surface area (Å²) < 4.78 is 0.978. The summed E-state index contributed by atoms with van der Waals surface area (Å²) in [6, 6.07) is 6.83. The molecule has 2 rings (SSSR count). The molecule has 1 heterocycles. The molecule has 1 aromatic rings. The normalized spacial score (nSPS) is 21.6. The highest BCUT2D eigenvalue weighted by molar-refractivity contribution is 9.10. The third kappa shape index (κ3) is 3.50. The first kappa shape index (κ1) is 14.8. The Labute approximate surface area is 124 Å². The van der Waals surface area contributed by atoms with Gasteiger partial charge < -0.3 is 14.9 Å². The molecule has 1 fully saturated rings. The van der Waals surface area contributed by atoms with Crippen molar-refractivity contribution in [3.63, 3.8) is 0 Å². The van der Waals surface area contributed by atoms with E-state index in [9.17, 15) is 5.11 Å². The summed E-state index contributed by atoms with van der Waals surface area (Å²) in [5.74, 6) is 0. The van der Waals surface area contributed by atoms with Crippen molar-refractivity contribution in [1.29, 1.82) is 0 Å². The van der Waals surface area contributed by atoms with Crippen molar-refractivity contribution in [3.8, 4) is 0 Å². The van der Waals surface area contributed by atoms with Crippen LogP contribution in [0.5, 0.6) is 0 Å². The molecule has 4 heteroatoms. The van der Waals surface area contributed by atoms with E-state index in [1.807, 2.05) is 6.07 Å². The smallest absolute Gasteiger partial charge is 0.0772 e. The number of hydrogen-bond donors (Lipinski definition) is 1. The lowest BCUT2D eigenvalue weighted by molar-refractivity contribution is 0.198. The number of likely N-dealkylation sites (N-methyl/N-ethyl adjacent to an activating group) is 2. The molecule has 1 unspecified atom stereocenters. The van der Waals surface area contributed by atoms with Gasteiger partial charge in [0, 0.05) is 29.8 Å². The minimum atomic E-state index is -0.435. The topological polar surface area (TPSA) is 26.7 Å². The first-order valence-electron chi connectivity index (χ1n) is 6.88. The van der Waals surface area contributed by atoms with Gasteiger partial charge in [-0.05, 0) is 51.1 Å². The lowest BCUT2D eigenvalue weighted by atomic mass is 10.1. The third-order valence-electron chi connectivity index (χ3n) is 4.03. The van der Waals surface area contributed by atoms with Gasteiger partial charge in [0.25, 0.3) is 0 Å². The maximum Gasteiger partial charge on any atom is 0.0772 e. The predicted octanol–water partition coefficient (Wildman–Crippen LogP) is 3.03. The Morgan fingerprint density at radius 2 is 2.26 bits per heavy atom. The molecule has 0 spiro atoms. The Balaban J connectivity index is 2.07. The van der Waals surface area contributed by atoms with E-state index in [0.717, 1.165) is 16.6 Å². The van der Waals surface area contributed by atoms with E-state index in [1.165, 1.54) is 25.1 Å². The minimum absolute atomic E-state index is 0.435. The summed E-state index contributed by atoms with van der Waals surface area (Å²) >= 11 is 3.54. The van der Waals surface area contributed by atoms with Crippen molar-refractivity contribution < 1.29 is 5.11 Å². The van der Waals surface area contributed by atoms with E-state index in [2.05, 4.69) is 52.0 Å². The first-order chi connectivity index (χ1) is 8.99. The highest BCUT2D eigenvalue weighted by Crippen LogP contribution is 2.28. The van der Waals surface area contributed by atoms with Crippen LogP contribution in [-0.2, 0) is 0 Å². The van der Waals surface area contributed by atoms with Gasteiger partial charge in [-0.25, -0.2) is 0 Å². The lowest BCUT2D eigenvalue weighted by Crippen LogP contribution is -2.36. The molecule has 1 saturated heterocycles. The molecule has 3 nitrogen and oxygen atoms in total. The van der Waals surface area contributed by atoms with Gasteiger partial charge in [-0.3, -0.25) is 0 Å². The van der Waals surface area contributed by atoms with Gasteiger partial charge in [-0.2, -0.15) is 0 Å². The summed E-state index contributed by atoms with van der Waals surface area (Å²) in [4.78, 5) is 4.73. The van der Waals surface area contributed by atoms with Crippen LogP contribution in [0.25, 0.3) is 0 Å². The molecule has 1 aliphatic heterocycles. The molecule has 0 aliphatic carbocycles. The molecule has 1 N–H and O–H groups in total. The molecule has 106 valence electrons. The van der Waals surface area contributed by atoms with Crippen LogP contribution in [0.3, 0.4) is 0 Å². The van der Waals surface area contributed by atoms with Crippen LogP contribution in [0.15, 0.2) is 22.7 Å². The molecule has 0 radical (unpaired) electrons. The van der Waals surface area contributed by atoms with E-state index in [-0.39, 0.29) is 0 Å². The summed E-state index contributed by atoms with van der Waals surface area (Å²) in [5.41, 5.74) is 2.13. The van der Waals surface area contributed by atoms with Crippen molar-refractivity contribution in [2.75, 3.05) is 32.1 Å². The molecular formula is C15H23BrN2O. The Hall–Kier alpha value is -0.580. The maximum absolute atomic E-state index is 9.65. The van der Waals surface area contributed by atoms with Gasteiger partial charge >= 0.3 is 0 Å². The fourth-order valence-electron chi connectivity index (χ4n) is 2.72. The van der Waals surface area contributed by atoms with Gasteiger partial charge in [0.2, 0.25) is 0 Å². The third-order valence-corrected chi connectivity index (χ3v) is 4.72. The first-order valence-corrected chi connectivity index (χ1v) is 7.67. The molecule has 0 bridgehead atoms. The van der Waals surface area contributed by atoms with Crippen LogP contribution in [0.1, 0.15) is 31.4 Å². The molecule has 19 heavy (non-hydrogen) atoms. The van der Waals surface area contributed by atoms with Gasteiger partial charge in [0.05, 0.1) is 6.10 Å². The summed E-state index contributed by atoms with van der Waals surface area (Å²) in [5, 5.41) is 9.65. The van der Waals surface area contributed by atoms with E-state index < -0.39 is 6.10 Å². The number of hydrogen-bond acceptors (Lipinski definition) is 3.